The molecule has 3 rings (SSSR count). The molecule has 9 heteroatoms. The molecule has 0 unspecified atom stereocenters. The number of nitrogens with zero attached hydrogens (tertiary/aromatic N) is 1. The molecular formula is C19H20ClN3O5. The maximum Gasteiger partial charge on any atom is 0.341 e. The van der Waals surface area contributed by atoms with Crippen molar-refractivity contribution >= 4 is 29.2 Å². The van der Waals surface area contributed by atoms with Crippen molar-refractivity contribution in [1.29, 1.82) is 0 Å². The number of methoxy groups -OCH3 is 1. The first-order valence-corrected chi connectivity index (χ1v) is 8.94. The number of carbonyl (C=O) groups is 2. The lowest BCUT2D eigenvalue weighted by Crippen LogP contribution is -2.49. The largest absolute Gasteiger partial charge is 0.455 e. The first-order valence-electron chi connectivity index (χ1n) is 8.57. The molecule has 0 saturated heterocycles. The fourth-order valence-electron chi connectivity index (χ4n) is 2.61. The molecule has 1 heterocycles. The molecule has 8 nitrogen and oxygen atoms in total. The number of urea groups is 1. The van der Waals surface area contributed by atoms with Crippen molar-refractivity contribution in [3.05, 3.63) is 53.1 Å². The fourth-order valence-corrected chi connectivity index (χ4v) is 2.78. The Bertz CT molecular complexity index is 861. The Hall–Kier alpha value is -2.81. The highest BCUT2D eigenvalue weighted by molar-refractivity contribution is 6.31. The van der Waals surface area contributed by atoms with E-state index < -0.39 is 11.9 Å². The highest BCUT2D eigenvalue weighted by atomic mass is 35.5. The molecule has 0 spiro atoms. The lowest BCUT2D eigenvalue weighted by Gasteiger charge is -2.22. The van der Waals surface area contributed by atoms with Gasteiger partial charge in [-0.1, -0.05) is 29.8 Å². The van der Waals surface area contributed by atoms with Crippen molar-refractivity contribution in [2.24, 2.45) is 0 Å². The zero-order chi connectivity index (χ0) is 19.9. The van der Waals surface area contributed by atoms with Crippen LogP contribution in [0.15, 0.2) is 42.5 Å². The number of anilines is 1. The third-order valence-corrected chi connectivity index (χ3v) is 4.19. The molecule has 1 aliphatic heterocycles. The summed E-state index contributed by atoms with van der Waals surface area (Å²) in [6, 6.07) is 11.9. The maximum absolute atomic E-state index is 12.8. The minimum absolute atomic E-state index is 0.196. The van der Waals surface area contributed by atoms with Crippen LogP contribution in [0.1, 0.15) is 5.56 Å². The molecule has 0 radical (unpaired) electrons. The van der Waals surface area contributed by atoms with Crippen LogP contribution in [0.2, 0.25) is 5.02 Å². The lowest BCUT2D eigenvalue weighted by molar-refractivity contribution is -0.126. The van der Waals surface area contributed by atoms with Gasteiger partial charge in [0.25, 0.3) is 5.91 Å². The Kier molecular flexibility index (Phi) is 6.70. The number of hydrogen-bond donors (Lipinski definition) is 2. The van der Waals surface area contributed by atoms with Crippen LogP contribution in [0.5, 0.6) is 11.5 Å². The molecule has 1 aliphatic rings. The number of fused-ring (bicyclic) bond motifs is 2. The van der Waals surface area contributed by atoms with Gasteiger partial charge in [0.05, 0.1) is 25.4 Å². The average molecular weight is 406 g/mol. The Morgan fingerprint density at radius 1 is 1.14 bits per heavy atom. The zero-order valence-corrected chi connectivity index (χ0v) is 16.0. The number of ether oxygens (including phenoxy) is 3. The number of hydrazine groups is 1. The van der Waals surface area contributed by atoms with Gasteiger partial charge in [-0.15, -0.1) is 0 Å². The van der Waals surface area contributed by atoms with Gasteiger partial charge in [-0.25, -0.2) is 10.2 Å². The molecule has 2 aromatic rings. The summed E-state index contributed by atoms with van der Waals surface area (Å²) in [6.07, 6.45) is 0. The number of carbonyl (C=O) groups excluding carboxylic acids is 2. The maximum atomic E-state index is 12.8. The van der Waals surface area contributed by atoms with E-state index in [4.69, 9.17) is 25.8 Å². The summed E-state index contributed by atoms with van der Waals surface area (Å²) in [5, 5.41) is 0.460. The lowest BCUT2D eigenvalue weighted by atomic mass is 10.2. The van der Waals surface area contributed by atoms with Crippen molar-refractivity contribution < 1.29 is 23.8 Å². The van der Waals surface area contributed by atoms with Crippen LogP contribution in [0, 0.1) is 0 Å². The summed E-state index contributed by atoms with van der Waals surface area (Å²) in [6.45, 7) is 0.710. The average Bonchev–Trinajstić information content (AvgIpc) is 2.86. The van der Waals surface area contributed by atoms with Crippen LogP contribution >= 0.6 is 11.6 Å². The predicted octanol–water partition coefficient (Wildman–Crippen LogP) is 2.86. The molecule has 2 aromatic carbocycles. The van der Waals surface area contributed by atoms with Gasteiger partial charge in [0.2, 0.25) is 0 Å². The van der Waals surface area contributed by atoms with Crippen LogP contribution in [-0.4, -0.2) is 38.9 Å². The van der Waals surface area contributed by atoms with E-state index in [1.54, 1.807) is 18.2 Å². The van der Waals surface area contributed by atoms with Gasteiger partial charge >= 0.3 is 6.03 Å². The van der Waals surface area contributed by atoms with Crippen molar-refractivity contribution in [3.8, 4) is 11.5 Å². The molecule has 2 N–H and O–H groups in total. The first-order chi connectivity index (χ1) is 13.6. The minimum atomic E-state index is -0.533. The first kappa shape index (κ1) is 19.9. The van der Waals surface area contributed by atoms with E-state index in [9.17, 15) is 9.59 Å². The van der Waals surface area contributed by atoms with Gasteiger partial charge in [-0.3, -0.25) is 15.1 Å². The van der Waals surface area contributed by atoms with E-state index in [0.717, 1.165) is 5.56 Å². The molecule has 0 bridgehead atoms. The van der Waals surface area contributed by atoms with Crippen molar-refractivity contribution in [1.82, 2.24) is 10.9 Å². The summed E-state index contributed by atoms with van der Waals surface area (Å²) in [4.78, 5) is 26.0. The second-order valence-electron chi connectivity index (χ2n) is 5.93. The number of halogens is 1. The number of nitrogens with one attached hydrogen (secondary N) is 2. The topological polar surface area (TPSA) is 89.1 Å². The van der Waals surface area contributed by atoms with E-state index in [2.05, 4.69) is 10.9 Å². The molecule has 0 saturated carbocycles. The van der Waals surface area contributed by atoms with Gasteiger partial charge < -0.3 is 14.2 Å². The summed E-state index contributed by atoms with van der Waals surface area (Å²) >= 11 is 6.11. The van der Waals surface area contributed by atoms with Gasteiger partial charge in [-0.2, -0.15) is 0 Å². The fraction of sp³-hybridized carbons (Fsp3) is 0.263. The smallest absolute Gasteiger partial charge is 0.341 e. The van der Waals surface area contributed by atoms with E-state index in [1.165, 1.54) is 12.0 Å². The van der Waals surface area contributed by atoms with Crippen LogP contribution in [0.4, 0.5) is 10.5 Å². The second kappa shape index (κ2) is 9.41. The van der Waals surface area contributed by atoms with Crippen molar-refractivity contribution in [3.63, 3.8) is 0 Å². The molecule has 0 aliphatic carbocycles. The molecule has 0 aromatic heterocycles. The zero-order valence-electron chi connectivity index (χ0n) is 15.2. The van der Waals surface area contributed by atoms with Crippen LogP contribution in [-0.2, 0) is 20.8 Å². The number of benzene rings is 2. The minimum Gasteiger partial charge on any atom is -0.455 e. The van der Waals surface area contributed by atoms with Crippen molar-refractivity contribution in [2.45, 2.75) is 6.54 Å². The molecule has 3 amide bonds. The Morgan fingerprint density at radius 3 is 2.79 bits per heavy atom. The normalized spacial score (nSPS) is 12.3. The van der Waals surface area contributed by atoms with E-state index in [-0.39, 0.29) is 19.8 Å². The molecular weight excluding hydrogens is 386 g/mol. The van der Waals surface area contributed by atoms with Gasteiger partial charge in [0, 0.05) is 17.7 Å². The second-order valence-corrected chi connectivity index (χ2v) is 6.37. The highest BCUT2D eigenvalue weighted by Crippen LogP contribution is 2.40. The Balaban J connectivity index is 1.72. The van der Waals surface area contributed by atoms with Crippen LogP contribution in [0.3, 0.4) is 0 Å². The number of para-hydroxylation sites is 1. The monoisotopic (exact) mass is 405 g/mol. The summed E-state index contributed by atoms with van der Waals surface area (Å²) in [7, 11) is 1.54. The summed E-state index contributed by atoms with van der Waals surface area (Å²) in [5.41, 5.74) is 6.03. The number of amides is 3. The van der Waals surface area contributed by atoms with Crippen LogP contribution < -0.4 is 20.5 Å². The standard InChI is InChI=1S/C19H20ClN3O5/c1-26-8-9-27-12-18(24)21-22-19(25)23-11-13-4-2-3-5-16(13)28-17-7-6-14(20)10-15(17)23/h2-7,10H,8-9,11-12H2,1H3,(H,21,24)(H,22,25). The van der Waals surface area contributed by atoms with Crippen LogP contribution in [0.25, 0.3) is 0 Å². The molecule has 0 atom stereocenters. The predicted molar refractivity (Wildman–Crippen MR) is 104 cm³/mol. The molecule has 148 valence electrons. The van der Waals surface area contributed by atoms with Gasteiger partial charge in [-0.05, 0) is 24.3 Å². The quantitative estimate of drug-likeness (QED) is 0.589. The summed E-state index contributed by atoms with van der Waals surface area (Å²) < 4.78 is 15.9. The SMILES string of the molecule is COCCOCC(=O)NNC(=O)N1Cc2ccccc2Oc2ccc(Cl)cc21. The van der Waals surface area contributed by atoms with E-state index in [1.807, 2.05) is 24.3 Å². The number of rotatable bonds is 5. The summed E-state index contributed by atoms with van der Waals surface area (Å²) in [5.74, 6) is 0.651. The Morgan fingerprint density at radius 2 is 1.96 bits per heavy atom. The van der Waals surface area contributed by atoms with Crippen molar-refractivity contribution in [2.75, 3.05) is 31.8 Å². The van der Waals surface area contributed by atoms with Gasteiger partial charge in [0.1, 0.15) is 12.4 Å². The highest BCUT2D eigenvalue weighted by Gasteiger charge is 2.26. The van der Waals surface area contributed by atoms with E-state index >= 15 is 0 Å². The third-order valence-electron chi connectivity index (χ3n) is 3.95. The van der Waals surface area contributed by atoms with Gasteiger partial charge in [0.15, 0.2) is 5.75 Å². The van der Waals surface area contributed by atoms with E-state index in [0.29, 0.717) is 28.8 Å². The molecule has 28 heavy (non-hydrogen) atoms. The third kappa shape index (κ3) is 4.92. The molecule has 0 fully saturated rings. The number of hydrogen-bond acceptors (Lipinski definition) is 5. The Labute approximate surface area is 167 Å².